The minimum atomic E-state index is -0.285. The van der Waals surface area contributed by atoms with E-state index in [1.807, 2.05) is 42.5 Å². The molecule has 2 amide bonds. The molecule has 2 aromatic carbocycles. The fraction of sp³-hybridized carbons (Fsp3) is 0.160. The van der Waals surface area contributed by atoms with Gasteiger partial charge in [0.05, 0.1) is 4.91 Å². The first kappa shape index (κ1) is 20.9. The number of furan rings is 1. The zero-order chi connectivity index (χ0) is 21.8. The zero-order valence-electron chi connectivity index (χ0n) is 17.0. The first-order valence-corrected chi connectivity index (χ1v) is 10.8. The van der Waals surface area contributed by atoms with Crippen molar-refractivity contribution in [2.24, 2.45) is 0 Å². The molecule has 156 valence electrons. The molecular weight excluding hydrogens is 410 g/mol. The summed E-state index contributed by atoms with van der Waals surface area (Å²) in [6.07, 6.45) is 3.14. The minimum Gasteiger partial charge on any atom is -0.457 e. The second-order valence-electron chi connectivity index (χ2n) is 7.26. The molecule has 6 heteroatoms. The average molecular weight is 432 g/mol. The Labute approximate surface area is 184 Å². The van der Waals surface area contributed by atoms with Gasteiger partial charge in [-0.2, -0.15) is 0 Å². The van der Waals surface area contributed by atoms with Gasteiger partial charge in [-0.1, -0.05) is 54.6 Å². The van der Waals surface area contributed by atoms with Crippen LogP contribution in [0.5, 0.6) is 0 Å². The molecule has 31 heavy (non-hydrogen) atoms. The summed E-state index contributed by atoms with van der Waals surface area (Å²) in [5.41, 5.74) is 2.65. The molecule has 0 saturated carbocycles. The highest BCUT2D eigenvalue weighted by atomic mass is 32.2. The van der Waals surface area contributed by atoms with Crippen molar-refractivity contribution in [1.82, 2.24) is 4.90 Å². The van der Waals surface area contributed by atoms with Crippen molar-refractivity contribution in [2.45, 2.75) is 19.8 Å². The number of nitrogens with zero attached hydrogens (tertiary/aromatic N) is 1. The lowest BCUT2D eigenvalue weighted by Gasteiger charge is -2.11. The number of amides is 2. The number of carbonyl (C=O) groups is 3. The quantitative estimate of drug-likeness (QED) is 0.348. The standard InChI is InChI=1S/C25H21NO4S/c1-17(27)19-9-11-20(12-10-19)22-14-13-21(30-22)16-23-24(28)26(25(29)31-23)15-5-8-18-6-3-2-4-7-18/h2-4,6-7,9-14,16H,5,8,15H2,1H3/b23-16+. The van der Waals surface area contributed by atoms with Gasteiger partial charge < -0.3 is 4.42 Å². The maximum Gasteiger partial charge on any atom is 0.293 e. The van der Waals surface area contributed by atoms with Crippen molar-refractivity contribution in [1.29, 1.82) is 0 Å². The van der Waals surface area contributed by atoms with Crippen LogP contribution < -0.4 is 0 Å². The molecule has 0 bridgehead atoms. The molecular formula is C25H21NO4S. The Bertz CT molecular complexity index is 1150. The van der Waals surface area contributed by atoms with Gasteiger partial charge in [0.25, 0.3) is 11.1 Å². The van der Waals surface area contributed by atoms with Crippen LogP contribution in [0.25, 0.3) is 17.4 Å². The first-order valence-electron chi connectivity index (χ1n) is 10.0. The Morgan fingerprint density at radius 3 is 2.45 bits per heavy atom. The van der Waals surface area contributed by atoms with E-state index in [1.165, 1.54) is 17.4 Å². The number of Topliss-reactive ketones (excluding diaryl/α,β-unsaturated/α-hetero) is 1. The van der Waals surface area contributed by atoms with E-state index in [4.69, 9.17) is 4.42 Å². The van der Waals surface area contributed by atoms with Crippen molar-refractivity contribution >= 4 is 34.8 Å². The summed E-state index contributed by atoms with van der Waals surface area (Å²) in [7, 11) is 0. The number of ketones is 1. The Kier molecular flexibility index (Phi) is 6.18. The van der Waals surface area contributed by atoms with Crippen molar-refractivity contribution in [2.75, 3.05) is 6.54 Å². The predicted octanol–water partition coefficient (Wildman–Crippen LogP) is 5.82. The number of rotatable bonds is 7. The number of hydrogen-bond donors (Lipinski definition) is 0. The van der Waals surface area contributed by atoms with Gasteiger partial charge in [-0.05, 0) is 49.2 Å². The highest BCUT2D eigenvalue weighted by molar-refractivity contribution is 8.18. The molecule has 1 saturated heterocycles. The maximum absolute atomic E-state index is 12.7. The van der Waals surface area contributed by atoms with Gasteiger partial charge in [-0.3, -0.25) is 19.3 Å². The molecule has 1 fully saturated rings. The topological polar surface area (TPSA) is 67.6 Å². The third kappa shape index (κ3) is 4.86. The molecule has 1 aliphatic rings. The van der Waals surface area contributed by atoms with E-state index in [0.29, 0.717) is 28.5 Å². The normalized spacial score (nSPS) is 15.1. The monoisotopic (exact) mass is 431 g/mol. The second kappa shape index (κ2) is 9.18. The SMILES string of the molecule is CC(=O)c1ccc(-c2ccc(/C=C3/SC(=O)N(CCCc4ccccc4)C3=O)o2)cc1. The number of benzene rings is 2. The van der Waals surface area contributed by atoms with Crippen molar-refractivity contribution in [3.8, 4) is 11.3 Å². The lowest BCUT2D eigenvalue weighted by atomic mass is 10.1. The van der Waals surface area contributed by atoms with Crippen LogP contribution in [0.15, 0.2) is 76.1 Å². The molecule has 5 nitrogen and oxygen atoms in total. The second-order valence-corrected chi connectivity index (χ2v) is 8.25. The Morgan fingerprint density at radius 1 is 1.00 bits per heavy atom. The highest BCUT2D eigenvalue weighted by Gasteiger charge is 2.34. The van der Waals surface area contributed by atoms with Gasteiger partial charge in [-0.15, -0.1) is 0 Å². The number of thioether (sulfide) groups is 1. The van der Waals surface area contributed by atoms with E-state index in [1.54, 1.807) is 30.3 Å². The van der Waals surface area contributed by atoms with E-state index in [9.17, 15) is 14.4 Å². The van der Waals surface area contributed by atoms with Crippen LogP contribution >= 0.6 is 11.8 Å². The molecule has 0 aliphatic carbocycles. The fourth-order valence-corrected chi connectivity index (χ4v) is 4.21. The summed E-state index contributed by atoms with van der Waals surface area (Å²) < 4.78 is 5.83. The van der Waals surface area contributed by atoms with Crippen molar-refractivity contribution < 1.29 is 18.8 Å². The number of carbonyl (C=O) groups excluding carboxylic acids is 3. The van der Waals surface area contributed by atoms with Crippen LogP contribution in [-0.4, -0.2) is 28.4 Å². The molecule has 4 rings (SSSR count). The predicted molar refractivity (Wildman–Crippen MR) is 122 cm³/mol. The van der Waals surface area contributed by atoms with E-state index in [-0.39, 0.29) is 16.9 Å². The average Bonchev–Trinajstić information content (AvgIpc) is 3.34. The lowest BCUT2D eigenvalue weighted by Crippen LogP contribution is -2.29. The lowest BCUT2D eigenvalue weighted by molar-refractivity contribution is -0.122. The van der Waals surface area contributed by atoms with Crippen LogP contribution in [0, 0.1) is 0 Å². The third-order valence-electron chi connectivity index (χ3n) is 5.04. The van der Waals surface area contributed by atoms with Crippen molar-refractivity contribution in [3.63, 3.8) is 0 Å². The summed E-state index contributed by atoms with van der Waals surface area (Å²) in [6.45, 7) is 1.91. The molecule has 2 heterocycles. The molecule has 1 aromatic heterocycles. The van der Waals surface area contributed by atoms with Gasteiger partial charge in [0.15, 0.2) is 5.78 Å². The van der Waals surface area contributed by atoms with Crippen LogP contribution in [0.2, 0.25) is 0 Å². The van der Waals surface area contributed by atoms with E-state index in [0.717, 1.165) is 30.2 Å². The van der Waals surface area contributed by atoms with Crippen LogP contribution in [-0.2, 0) is 11.2 Å². The summed E-state index contributed by atoms with van der Waals surface area (Å²) in [5.74, 6) is 0.849. The summed E-state index contributed by atoms with van der Waals surface area (Å²) in [4.78, 5) is 38.1. The molecule has 0 atom stereocenters. The summed E-state index contributed by atoms with van der Waals surface area (Å²) in [5, 5.41) is -0.254. The fourth-order valence-electron chi connectivity index (χ4n) is 3.36. The molecule has 0 unspecified atom stereocenters. The Balaban J connectivity index is 1.41. The number of imide groups is 1. The minimum absolute atomic E-state index is 0.00572. The van der Waals surface area contributed by atoms with Crippen LogP contribution in [0.1, 0.15) is 35.0 Å². The third-order valence-corrected chi connectivity index (χ3v) is 5.95. The van der Waals surface area contributed by atoms with Crippen LogP contribution in [0.3, 0.4) is 0 Å². The van der Waals surface area contributed by atoms with E-state index in [2.05, 4.69) is 0 Å². The Morgan fingerprint density at radius 2 is 1.74 bits per heavy atom. The van der Waals surface area contributed by atoms with Gasteiger partial charge in [0.1, 0.15) is 11.5 Å². The summed E-state index contributed by atoms with van der Waals surface area (Å²) in [6, 6.07) is 20.7. The molecule has 1 aliphatic heterocycles. The largest absolute Gasteiger partial charge is 0.457 e. The number of aryl methyl sites for hydroxylation is 1. The molecule has 3 aromatic rings. The van der Waals surface area contributed by atoms with Gasteiger partial charge in [0.2, 0.25) is 0 Å². The number of hydrogen-bond acceptors (Lipinski definition) is 5. The zero-order valence-corrected chi connectivity index (χ0v) is 17.9. The maximum atomic E-state index is 12.7. The van der Waals surface area contributed by atoms with E-state index < -0.39 is 0 Å². The molecule has 0 N–H and O–H groups in total. The van der Waals surface area contributed by atoms with Gasteiger partial charge in [0, 0.05) is 23.7 Å². The van der Waals surface area contributed by atoms with Gasteiger partial charge >= 0.3 is 0 Å². The molecule has 0 spiro atoms. The van der Waals surface area contributed by atoms with Gasteiger partial charge in [-0.25, -0.2) is 0 Å². The smallest absolute Gasteiger partial charge is 0.293 e. The van der Waals surface area contributed by atoms with Crippen LogP contribution in [0.4, 0.5) is 4.79 Å². The first-order chi connectivity index (χ1) is 15.0. The van der Waals surface area contributed by atoms with Crippen molar-refractivity contribution in [3.05, 3.63) is 88.5 Å². The molecule has 0 radical (unpaired) electrons. The summed E-state index contributed by atoms with van der Waals surface area (Å²) >= 11 is 0.934. The highest BCUT2D eigenvalue weighted by Crippen LogP contribution is 2.33. The Hall–Kier alpha value is -3.38. The van der Waals surface area contributed by atoms with E-state index >= 15 is 0 Å².